The van der Waals surface area contributed by atoms with E-state index < -0.39 is 0 Å². The van der Waals surface area contributed by atoms with Crippen molar-refractivity contribution >= 4 is 6.08 Å². The minimum absolute atomic E-state index is 0. The normalized spacial score (nSPS) is 18.3. The molecule has 0 spiro atoms. The van der Waals surface area contributed by atoms with Gasteiger partial charge in [0.1, 0.15) is 0 Å². The molecular formula is C20H22Cl2Ti. The van der Waals surface area contributed by atoms with Crippen molar-refractivity contribution in [2.75, 3.05) is 0 Å². The number of hydrogen-bond donors (Lipinski definition) is 0. The van der Waals surface area contributed by atoms with Crippen molar-refractivity contribution in [3.05, 3.63) is 71.8 Å². The standard InChI is InChI=1S/C15H17.C5H5.2ClH.Ti/c1-2-6-12(7-3-1)15-11-10-13-8-4-5-9-14(13)15;1-2-4-5-3-1;;;/h4-5,8-10,12,15H,1-3,6-7H2;1-5H;2*1H;/q2*-1;;;+4/p-2. The molecule has 0 radical (unpaired) electrons. The largest absolute Gasteiger partial charge is 4.00 e. The van der Waals surface area contributed by atoms with E-state index in [4.69, 9.17) is 0 Å². The molecule has 2 aromatic carbocycles. The van der Waals surface area contributed by atoms with Gasteiger partial charge in [0.25, 0.3) is 0 Å². The SMILES string of the molecule is [C-]1=Cc2ccccc2C1C1CCCCC1.[Cl-].[Cl-].[Ti+4].c1cc[cH-]c1. The first kappa shape index (κ1) is 22.6. The fraction of sp³-hybridized carbons (Fsp3) is 0.350. The topological polar surface area (TPSA) is 0 Å². The molecule has 0 heterocycles. The zero-order chi connectivity index (χ0) is 13.6. The van der Waals surface area contributed by atoms with Crippen LogP contribution >= 0.6 is 0 Å². The molecule has 0 amide bonds. The van der Waals surface area contributed by atoms with E-state index in [2.05, 4.69) is 36.4 Å². The van der Waals surface area contributed by atoms with Crippen molar-refractivity contribution in [2.45, 2.75) is 38.0 Å². The third-order valence-electron chi connectivity index (χ3n) is 4.43. The minimum Gasteiger partial charge on any atom is -1.00 e. The maximum absolute atomic E-state index is 3.57. The third-order valence-corrected chi connectivity index (χ3v) is 4.43. The summed E-state index contributed by atoms with van der Waals surface area (Å²) in [7, 11) is 0. The smallest absolute Gasteiger partial charge is 1.00 e. The zero-order valence-corrected chi connectivity index (χ0v) is 16.3. The number of halogens is 2. The van der Waals surface area contributed by atoms with Gasteiger partial charge in [-0.25, -0.2) is 18.2 Å². The van der Waals surface area contributed by atoms with Crippen molar-refractivity contribution in [3.8, 4) is 0 Å². The maximum atomic E-state index is 3.57. The summed E-state index contributed by atoms with van der Waals surface area (Å²) < 4.78 is 0. The van der Waals surface area contributed by atoms with E-state index in [1.165, 1.54) is 43.2 Å². The summed E-state index contributed by atoms with van der Waals surface area (Å²) in [5, 5.41) is 0. The van der Waals surface area contributed by atoms with Gasteiger partial charge in [0.05, 0.1) is 0 Å². The van der Waals surface area contributed by atoms with Gasteiger partial charge in [-0.3, -0.25) is 6.08 Å². The summed E-state index contributed by atoms with van der Waals surface area (Å²) in [4.78, 5) is 0. The van der Waals surface area contributed by atoms with E-state index >= 15 is 0 Å². The summed E-state index contributed by atoms with van der Waals surface area (Å²) >= 11 is 0. The molecule has 0 saturated heterocycles. The van der Waals surface area contributed by atoms with Gasteiger partial charge in [0, 0.05) is 0 Å². The molecule has 2 aliphatic rings. The summed E-state index contributed by atoms with van der Waals surface area (Å²) in [5.74, 6) is 1.46. The van der Waals surface area contributed by atoms with Crippen LogP contribution in [0.25, 0.3) is 6.08 Å². The van der Waals surface area contributed by atoms with E-state index in [-0.39, 0.29) is 46.5 Å². The van der Waals surface area contributed by atoms with E-state index in [1.54, 1.807) is 0 Å². The monoisotopic (exact) mass is 380 g/mol. The molecule has 2 aliphatic carbocycles. The fourth-order valence-electron chi connectivity index (χ4n) is 3.37. The van der Waals surface area contributed by atoms with Crippen LogP contribution < -0.4 is 24.8 Å². The molecule has 1 unspecified atom stereocenters. The van der Waals surface area contributed by atoms with Gasteiger partial charge in [0.15, 0.2) is 0 Å². The molecule has 4 rings (SSSR count). The fourth-order valence-corrected chi connectivity index (χ4v) is 3.37. The first-order valence-electron chi connectivity index (χ1n) is 7.80. The first-order valence-corrected chi connectivity index (χ1v) is 7.80. The van der Waals surface area contributed by atoms with Gasteiger partial charge in [-0.2, -0.15) is 23.8 Å². The van der Waals surface area contributed by atoms with Crippen molar-refractivity contribution in [3.63, 3.8) is 0 Å². The molecule has 23 heavy (non-hydrogen) atoms. The molecule has 0 aliphatic heterocycles. The van der Waals surface area contributed by atoms with E-state index in [1.807, 2.05) is 30.3 Å². The Kier molecular flexibility index (Phi) is 11.8. The summed E-state index contributed by atoms with van der Waals surface area (Å²) in [6.45, 7) is 0. The van der Waals surface area contributed by atoms with Crippen LogP contribution in [-0.4, -0.2) is 0 Å². The van der Waals surface area contributed by atoms with Crippen molar-refractivity contribution in [1.29, 1.82) is 0 Å². The number of rotatable bonds is 1. The van der Waals surface area contributed by atoms with Gasteiger partial charge < -0.3 is 24.8 Å². The Morgan fingerprint density at radius 2 is 1.52 bits per heavy atom. The summed E-state index contributed by atoms with van der Waals surface area (Å²) in [6.07, 6.45) is 12.8. The Labute approximate surface area is 167 Å². The van der Waals surface area contributed by atoms with Crippen LogP contribution in [-0.2, 0) is 21.7 Å². The molecule has 0 nitrogen and oxygen atoms in total. The Bertz CT molecular complexity index is 525. The summed E-state index contributed by atoms with van der Waals surface area (Å²) in [6, 6.07) is 18.8. The molecule has 120 valence electrons. The Morgan fingerprint density at radius 3 is 2.13 bits per heavy atom. The molecule has 3 heteroatoms. The molecule has 1 saturated carbocycles. The van der Waals surface area contributed by atoms with Gasteiger partial charge in [-0.15, -0.1) is 11.6 Å². The predicted molar refractivity (Wildman–Crippen MR) is 85.5 cm³/mol. The van der Waals surface area contributed by atoms with Crippen molar-refractivity contribution in [2.24, 2.45) is 5.92 Å². The second-order valence-electron chi connectivity index (χ2n) is 5.78. The van der Waals surface area contributed by atoms with Crippen LogP contribution in [0.2, 0.25) is 0 Å². The summed E-state index contributed by atoms with van der Waals surface area (Å²) in [5.41, 5.74) is 2.91. The number of benzene rings is 1. The zero-order valence-electron chi connectivity index (χ0n) is 13.2. The molecule has 1 fully saturated rings. The molecular weight excluding hydrogens is 359 g/mol. The minimum atomic E-state index is 0. The first-order chi connectivity index (χ1) is 9.95. The van der Waals surface area contributed by atoms with Crippen LogP contribution in [0, 0.1) is 12.0 Å². The van der Waals surface area contributed by atoms with Crippen LogP contribution in [0.15, 0.2) is 54.6 Å². The van der Waals surface area contributed by atoms with Crippen molar-refractivity contribution < 1.29 is 46.5 Å². The maximum Gasteiger partial charge on any atom is 4.00 e. The average molecular weight is 381 g/mol. The predicted octanol–water partition coefficient (Wildman–Crippen LogP) is -0.409. The van der Waals surface area contributed by atoms with Gasteiger partial charge in [-0.05, 0) is 5.92 Å². The van der Waals surface area contributed by atoms with Crippen LogP contribution in [0.4, 0.5) is 0 Å². The van der Waals surface area contributed by atoms with Crippen molar-refractivity contribution in [1.82, 2.24) is 0 Å². The quantitative estimate of drug-likeness (QED) is 0.466. The third kappa shape index (κ3) is 6.20. The second-order valence-corrected chi connectivity index (χ2v) is 5.78. The Morgan fingerprint density at radius 1 is 0.870 bits per heavy atom. The Hall–Kier alpha value is -0.396. The van der Waals surface area contributed by atoms with Gasteiger partial charge >= 0.3 is 21.7 Å². The molecule has 0 bridgehead atoms. The second kappa shape index (κ2) is 12.0. The number of hydrogen-bond acceptors (Lipinski definition) is 0. The molecule has 2 aromatic rings. The molecule has 1 atom stereocenters. The molecule has 0 N–H and O–H groups in total. The Balaban J connectivity index is 0.000000529. The number of allylic oxidation sites excluding steroid dienone is 1. The van der Waals surface area contributed by atoms with Crippen LogP contribution in [0.1, 0.15) is 49.1 Å². The van der Waals surface area contributed by atoms with Gasteiger partial charge in [-0.1, -0.05) is 56.2 Å². The number of fused-ring (bicyclic) bond motifs is 1. The van der Waals surface area contributed by atoms with Gasteiger partial charge in [0.2, 0.25) is 0 Å². The van der Waals surface area contributed by atoms with Crippen LogP contribution in [0.3, 0.4) is 0 Å². The average Bonchev–Trinajstić information content (AvgIpc) is 3.21. The van der Waals surface area contributed by atoms with E-state index in [0.717, 1.165) is 5.92 Å². The van der Waals surface area contributed by atoms with E-state index in [0.29, 0.717) is 5.92 Å². The molecule has 0 aromatic heterocycles. The van der Waals surface area contributed by atoms with E-state index in [9.17, 15) is 0 Å². The van der Waals surface area contributed by atoms with Crippen LogP contribution in [0.5, 0.6) is 0 Å².